The minimum Gasteiger partial charge on any atom is -0.478 e. The summed E-state index contributed by atoms with van der Waals surface area (Å²) in [6.45, 7) is 11.3. The van der Waals surface area contributed by atoms with E-state index in [9.17, 15) is 4.79 Å². The van der Waals surface area contributed by atoms with Crippen molar-refractivity contribution in [1.29, 1.82) is 0 Å². The quantitative estimate of drug-likeness (QED) is 0.480. The van der Waals surface area contributed by atoms with Gasteiger partial charge in [-0.15, -0.1) is 0 Å². The Morgan fingerprint density at radius 2 is 1.75 bits per heavy atom. The van der Waals surface area contributed by atoms with Gasteiger partial charge in [-0.25, -0.2) is 4.79 Å². The van der Waals surface area contributed by atoms with Gasteiger partial charge >= 0.3 is 13.1 Å². The zero-order chi connectivity index (χ0) is 15.6. The molecule has 1 rings (SSSR count). The van der Waals surface area contributed by atoms with Crippen molar-refractivity contribution in [3.05, 3.63) is 35.4 Å². The molecule has 0 aromatic heterocycles. The smallest absolute Gasteiger partial charge is 0.461 e. The summed E-state index contributed by atoms with van der Waals surface area (Å²) < 4.78 is 11.6. The van der Waals surface area contributed by atoms with Crippen molar-refractivity contribution in [2.24, 2.45) is 0 Å². The Morgan fingerprint density at radius 1 is 1.25 bits per heavy atom. The van der Waals surface area contributed by atoms with Crippen LogP contribution < -0.4 is 0 Å². The average Bonchev–Trinajstić information content (AvgIpc) is 2.46. The molecule has 1 fully saturated rings. The summed E-state index contributed by atoms with van der Waals surface area (Å²) in [5.74, 6) is -1.03. The van der Waals surface area contributed by atoms with E-state index in [-0.39, 0.29) is 10.6 Å². The van der Waals surface area contributed by atoms with Crippen LogP contribution in [0.4, 0.5) is 0 Å². The lowest BCUT2D eigenvalue weighted by Crippen LogP contribution is -2.41. The van der Waals surface area contributed by atoms with Crippen molar-refractivity contribution < 1.29 is 19.2 Å². The molecule has 6 heteroatoms. The maximum atomic E-state index is 11.1. The highest BCUT2D eigenvalue weighted by Crippen LogP contribution is 2.37. The molecule has 110 valence electrons. The van der Waals surface area contributed by atoms with E-state index < -0.39 is 24.3 Å². The number of aliphatic carboxylic acids is 1. The fourth-order valence-corrected chi connectivity index (χ4v) is 1.75. The van der Waals surface area contributed by atoms with Gasteiger partial charge in [0.25, 0.3) is 0 Å². The number of allylic oxidation sites excluding steroid dienone is 3. The van der Waals surface area contributed by atoms with Crippen LogP contribution in [0.2, 0.25) is 6.32 Å². The van der Waals surface area contributed by atoms with E-state index in [0.717, 1.165) is 0 Å². The zero-order valence-corrected chi connectivity index (χ0v) is 13.0. The molecule has 0 atom stereocenters. The van der Waals surface area contributed by atoms with E-state index in [1.54, 1.807) is 6.08 Å². The molecular formula is C14H20BClO4. The lowest BCUT2D eigenvalue weighted by molar-refractivity contribution is -0.132. The van der Waals surface area contributed by atoms with Crippen LogP contribution in [0, 0.1) is 0 Å². The minimum atomic E-state index is -1.03. The second kappa shape index (κ2) is 6.16. The highest BCUT2D eigenvalue weighted by atomic mass is 35.5. The Bertz CT molecular complexity index is 450. The molecule has 0 saturated carbocycles. The Hall–Kier alpha value is -1.04. The molecule has 0 amide bonds. The maximum Gasteiger partial charge on any atom is 0.461 e. The topological polar surface area (TPSA) is 55.8 Å². The highest BCUT2D eigenvalue weighted by molar-refractivity contribution is 6.46. The number of carboxylic acid groups (broad SMARTS) is 1. The summed E-state index contributed by atoms with van der Waals surface area (Å²) >= 11 is 5.58. The van der Waals surface area contributed by atoms with E-state index in [2.05, 4.69) is 6.58 Å². The van der Waals surface area contributed by atoms with E-state index in [0.29, 0.717) is 6.32 Å². The highest BCUT2D eigenvalue weighted by Gasteiger charge is 2.50. The Balaban J connectivity index is 2.76. The van der Waals surface area contributed by atoms with Crippen molar-refractivity contribution in [2.75, 3.05) is 0 Å². The van der Waals surface area contributed by atoms with Crippen molar-refractivity contribution in [3.63, 3.8) is 0 Å². The second-order valence-corrected chi connectivity index (χ2v) is 6.15. The first-order valence-corrected chi connectivity index (χ1v) is 6.74. The Kier molecular flexibility index (Phi) is 5.24. The van der Waals surface area contributed by atoms with E-state index >= 15 is 0 Å². The number of hydrogen-bond donors (Lipinski definition) is 1. The van der Waals surface area contributed by atoms with Crippen molar-refractivity contribution in [1.82, 2.24) is 0 Å². The molecule has 1 N–H and O–H groups in total. The third-order valence-electron chi connectivity index (χ3n) is 3.52. The van der Waals surface area contributed by atoms with Gasteiger partial charge in [0.15, 0.2) is 0 Å². The molecule has 0 aromatic rings. The first-order valence-electron chi connectivity index (χ1n) is 6.37. The van der Waals surface area contributed by atoms with Crippen LogP contribution >= 0.6 is 11.6 Å². The Morgan fingerprint density at radius 3 is 2.15 bits per heavy atom. The standard InChI is InChI=1S/C14H20BClO4/c1-10(16)6-7-11(12(17)18)8-9-15-19-13(2,3)14(4,5)20-15/h6-8H,1,9H2,2-5H3,(H,17,18)/b7-6-,11-8+. The third-order valence-corrected chi connectivity index (χ3v) is 3.65. The molecule has 0 aromatic carbocycles. The summed E-state index contributed by atoms with van der Waals surface area (Å²) in [6.07, 6.45) is 4.75. The number of carboxylic acids is 1. The fourth-order valence-electron chi connectivity index (χ4n) is 1.69. The van der Waals surface area contributed by atoms with Gasteiger partial charge in [-0.05, 0) is 39.8 Å². The average molecular weight is 299 g/mol. The molecule has 1 aliphatic rings. The number of rotatable bonds is 5. The summed E-state index contributed by atoms with van der Waals surface area (Å²) in [4.78, 5) is 11.1. The molecule has 0 unspecified atom stereocenters. The minimum absolute atomic E-state index is 0.126. The van der Waals surface area contributed by atoms with Crippen molar-refractivity contribution in [2.45, 2.75) is 45.2 Å². The summed E-state index contributed by atoms with van der Waals surface area (Å²) in [7, 11) is -0.457. The van der Waals surface area contributed by atoms with Gasteiger partial charge in [-0.2, -0.15) is 0 Å². The van der Waals surface area contributed by atoms with Crippen LogP contribution in [-0.2, 0) is 14.1 Å². The van der Waals surface area contributed by atoms with Gasteiger partial charge in [0.2, 0.25) is 0 Å². The monoisotopic (exact) mass is 298 g/mol. The van der Waals surface area contributed by atoms with Gasteiger partial charge in [-0.3, -0.25) is 0 Å². The summed E-state index contributed by atoms with van der Waals surface area (Å²) in [5.41, 5.74) is -0.717. The van der Waals surface area contributed by atoms with E-state index in [1.807, 2.05) is 27.7 Å². The van der Waals surface area contributed by atoms with Crippen LogP contribution in [0.15, 0.2) is 35.4 Å². The van der Waals surface area contributed by atoms with Gasteiger partial charge in [-0.1, -0.05) is 24.3 Å². The predicted octanol–water partition coefficient (Wildman–Crippen LogP) is 3.40. The van der Waals surface area contributed by atoms with Crippen molar-refractivity contribution in [3.8, 4) is 0 Å². The zero-order valence-electron chi connectivity index (χ0n) is 12.3. The van der Waals surface area contributed by atoms with Crippen LogP contribution in [0.5, 0.6) is 0 Å². The summed E-state index contributed by atoms with van der Waals surface area (Å²) in [6, 6.07) is 0. The lowest BCUT2D eigenvalue weighted by Gasteiger charge is -2.32. The molecule has 0 aliphatic carbocycles. The second-order valence-electron chi connectivity index (χ2n) is 5.67. The molecule has 1 heterocycles. The van der Waals surface area contributed by atoms with Crippen LogP contribution in [0.25, 0.3) is 0 Å². The van der Waals surface area contributed by atoms with Crippen LogP contribution in [0.1, 0.15) is 27.7 Å². The largest absolute Gasteiger partial charge is 0.478 e. The van der Waals surface area contributed by atoms with E-state index in [1.165, 1.54) is 12.2 Å². The molecule has 4 nitrogen and oxygen atoms in total. The van der Waals surface area contributed by atoms with Crippen LogP contribution in [0.3, 0.4) is 0 Å². The van der Waals surface area contributed by atoms with Gasteiger partial charge in [0, 0.05) is 11.4 Å². The molecule has 20 heavy (non-hydrogen) atoms. The van der Waals surface area contributed by atoms with Crippen molar-refractivity contribution >= 4 is 24.7 Å². The normalized spacial score (nSPS) is 21.4. The van der Waals surface area contributed by atoms with E-state index in [4.69, 9.17) is 26.0 Å². The lowest BCUT2D eigenvalue weighted by atomic mass is 9.84. The molecule has 0 bridgehead atoms. The van der Waals surface area contributed by atoms with Gasteiger partial charge in [0.05, 0.1) is 16.8 Å². The molecule has 1 aliphatic heterocycles. The first-order chi connectivity index (χ1) is 9.05. The first kappa shape index (κ1) is 17.0. The summed E-state index contributed by atoms with van der Waals surface area (Å²) in [5, 5.41) is 9.36. The molecule has 1 saturated heterocycles. The van der Waals surface area contributed by atoms with Crippen LogP contribution in [-0.4, -0.2) is 29.4 Å². The molecule has 0 radical (unpaired) electrons. The van der Waals surface area contributed by atoms with Gasteiger partial charge in [0.1, 0.15) is 0 Å². The number of carbonyl (C=O) groups is 1. The van der Waals surface area contributed by atoms with Gasteiger partial charge < -0.3 is 14.4 Å². The molecular weight excluding hydrogens is 278 g/mol. The third kappa shape index (κ3) is 4.23. The number of halogens is 1. The fraction of sp³-hybridized carbons (Fsp3) is 0.500. The molecule has 0 spiro atoms. The maximum absolute atomic E-state index is 11.1. The number of hydrogen-bond acceptors (Lipinski definition) is 3. The SMILES string of the molecule is C=C(Cl)/C=C\C(=C/CB1OC(C)(C)C(C)(C)O1)C(=O)O. The predicted molar refractivity (Wildman–Crippen MR) is 80.7 cm³/mol. The Labute approximate surface area is 125 Å².